The highest BCUT2D eigenvalue weighted by Gasteiger charge is 2.28. The number of nitrogens with two attached hydrogens (primary N) is 1. The van der Waals surface area contributed by atoms with Crippen LogP contribution in [0.3, 0.4) is 0 Å². The number of carbonyl (C=O) groups is 1. The number of hydrogen-bond acceptors (Lipinski definition) is 5. The molecule has 1 aliphatic rings. The second-order valence-corrected chi connectivity index (χ2v) is 6.73. The van der Waals surface area contributed by atoms with E-state index in [1.54, 1.807) is 18.3 Å². The minimum absolute atomic E-state index is 0.256. The highest BCUT2D eigenvalue weighted by Crippen LogP contribution is 2.37. The van der Waals surface area contributed by atoms with Crippen LogP contribution < -0.4 is 10.5 Å². The zero-order valence-corrected chi connectivity index (χ0v) is 14.0. The van der Waals surface area contributed by atoms with E-state index in [2.05, 4.69) is 4.98 Å². The summed E-state index contributed by atoms with van der Waals surface area (Å²) in [5.74, 6) is 1.49. The molecule has 0 bridgehead atoms. The molecule has 24 heavy (non-hydrogen) atoms. The van der Waals surface area contributed by atoms with E-state index in [4.69, 9.17) is 15.2 Å². The number of fused-ring (bicyclic) bond motifs is 1. The van der Waals surface area contributed by atoms with Crippen molar-refractivity contribution in [2.24, 2.45) is 5.41 Å². The molecule has 1 aliphatic carbocycles. The molecule has 0 saturated heterocycles. The van der Waals surface area contributed by atoms with E-state index in [-0.39, 0.29) is 5.97 Å². The first-order valence-corrected chi connectivity index (χ1v) is 7.78. The number of nitrogens with zero attached hydrogens (tertiary/aromatic N) is 1. The van der Waals surface area contributed by atoms with Crippen LogP contribution in [0, 0.1) is 5.41 Å². The summed E-state index contributed by atoms with van der Waals surface area (Å²) in [4.78, 5) is 16.3. The number of esters is 1. The van der Waals surface area contributed by atoms with Crippen molar-refractivity contribution in [1.82, 2.24) is 4.98 Å². The SMILES string of the molecule is CC(C)(C)C(=O)OC1=CCc2c(Oc3ccc(N)cn3)cccc21. The third-order valence-corrected chi connectivity index (χ3v) is 3.68. The monoisotopic (exact) mass is 324 g/mol. The molecule has 124 valence electrons. The Morgan fingerprint density at radius 3 is 2.67 bits per heavy atom. The molecule has 1 aromatic heterocycles. The van der Waals surface area contributed by atoms with Crippen molar-refractivity contribution in [1.29, 1.82) is 0 Å². The molecular formula is C19H20N2O3. The molecule has 5 nitrogen and oxygen atoms in total. The zero-order chi connectivity index (χ0) is 17.3. The van der Waals surface area contributed by atoms with Crippen molar-refractivity contribution in [2.45, 2.75) is 27.2 Å². The van der Waals surface area contributed by atoms with Crippen molar-refractivity contribution in [3.63, 3.8) is 0 Å². The Bertz CT molecular complexity index is 802. The van der Waals surface area contributed by atoms with Crippen LogP contribution >= 0.6 is 0 Å². The Hall–Kier alpha value is -2.82. The standard InChI is InChI=1S/C19H20N2O3/c1-19(2,3)18(22)24-16-9-8-14-13(16)5-4-6-15(14)23-17-10-7-12(20)11-21-17/h4-7,9-11H,8,20H2,1-3H3. The van der Waals surface area contributed by atoms with Crippen LogP contribution in [0.4, 0.5) is 5.69 Å². The molecule has 0 amide bonds. The van der Waals surface area contributed by atoms with Gasteiger partial charge in [0.2, 0.25) is 5.88 Å². The third-order valence-electron chi connectivity index (χ3n) is 3.68. The number of nitrogen functional groups attached to an aromatic ring is 1. The van der Waals surface area contributed by atoms with Gasteiger partial charge in [-0.25, -0.2) is 4.98 Å². The molecule has 1 heterocycles. The summed E-state index contributed by atoms with van der Waals surface area (Å²) in [6, 6.07) is 9.13. The van der Waals surface area contributed by atoms with Gasteiger partial charge in [-0.1, -0.05) is 12.1 Å². The van der Waals surface area contributed by atoms with Crippen molar-refractivity contribution in [3.05, 3.63) is 53.7 Å². The van der Waals surface area contributed by atoms with Crippen molar-refractivity contribution < 1.29 is 14.3 Å². The average Bonchev–Trinajstić information content (AvgIpc) is 2.93. The van der Waals surface area contributed by atoms with Gasteiger partial charge in [0.25, 0.3) is 0 Å². The summed E-state index contributed by atoms with van der Waals surface area (Å²) in [6.45, 7) is 5.49. The number of hydrogen-bond donors (Lipinski definition) is 1. The summed E-state index contributed by atoms with van der Waals surface area (Å²) in [5, 5.41) is 0. The number of benzene rings is 1. The van der Waals surface area contributed by atoms with Gasteiger partial charge in [0.15, 0.2) is 0 Å². The molecule has 1 aromatic carbocycles. The van der Waals surface area contributed by atoms with Gasteiger partial charge in [-0.3, -0.25) is 4.79 Å². The lowest BCUT2D eigenvalue weighted by Gasteiger charge is -2.17. The van der Waals surface area contributed by atoms with Crippen molar-refractivity contribution in [3.8, 4) is 11.6 Å². The van der Waals surface area contributed by atoms with E-state index in [1.165, 1.54) is 0 Å². The zero-order valence-electron chi connectivity index (χ0n) is 14.0. The number of carbonyl (C=O) groups excluding carboxylic acids is 1. The van der Waals surface area contributed by atoms with Crippen molar-refractivity contribution >= 4 is 17.4 Å². The topological polar surface area (TPSA) is 74.4 Å². The molecule has 0 saturated carbocycles. The summed E-state index contributed by atoms with van der Waals surface area (Å²) in [6.07, 6.45) is 4.10. The molecule has 0 fully saturated rings. The second-order valence-electron chi connectivity index (χ2n) is 6.73. The minimum atomic E-state index is -0.550. The first-order valence-electron chi connectivity index (χ1n) is 7.78. The molecule has 2 N–H and O–H groups in total. The number of anilines is 1. The quantitative estimate of drug-likeness (QED) is 0.866. The van der Waals surface area contributed by atoms with Gasteiger partial charge in [0.1, 0.15) is 11.5 Å². The largest absolute Gasteiger partial charge is 0.439 e. The lowest BCUT2D eigenvalue weighted by Crippen LogP contribution is -2.22. The third kappa shape index (κ3) is 3.25. The Morgan fingerprint density at radius 1 is 1.21 bits per heavy atom. The van der Waals surface area contributed by atoms with Gasteiger partial charge >= 0.3 is 5.97 Å². The maximum absolute atomic E-state index is 12.1. The van der Waals surface area contributed by atoms with Crippen LogP contribution in [0.5, 0.6) is 11.6 Å². The molecular weight excluding hydrogens is 304 g/mol. The summed E-state index contributed by atoms with van der Waals surface area (Å²) in [7, 11) is 0. The van der Waals surface area contributed by atoms with E-state index in [0.717, 1.165) is 11.1 Å². The lowest BCUT2D eigenvalue weighted by molar-refractivity contribution is -0.145. The van der Waals surface area contributed by atoms with Crippen LogP contribution in [0.1, 0.15) is 31.9 Å². The number of ether oxygens (including phenoxy) is 2. The molecule has 2 aromatic rings. The first-order chi connectivity index (χ1) is 11.3. The molecule has 5 heteroatoms. The highest BCUT2D eigenvalue weighted by atomic mass is 16.5. The predicted octanol–water partition coefficient (Wildman–Crippen LogP) is 3.94. The fourth-order valence-corrected chi connectivity index (χ4v) is 2.32. The van der Waals surface area contributed by atoms with Gasteiger partial charge in [-0.15, -0.1) is 0 Å². The normalized spacial score (nSPS) is 13.2. The number of pyridine rings is 1. The van der Waals surface area contributed by atoms with E-state index in [0.29, 0.717) is 29.5 Å². The molecule has 0 spiro atoms. The van der Waals surface area contributed by atoms with Crippen LogP contribution in [-0.2, 0) is 16.0 Å². The summed E-state index contributed by atoms with van der Waals surface area (Å²) >= 11 is 0. The molecule has 0 unspecified atom stereocenters. The fourth-order valence-electron chi connectivity index (χ4n) is 2.32. The molecule has 0 atom stereocenters. The Kier molecular flexibility index (Phi) is 4.01. The fraction of sp³-hybridized carbons (Fsp3) is 0.263. The van der Waals surface area contributed by atoms with Gasteiger partial charge in [-0.05, 0) is 45.4 Å². The van der Waals surface area contributed by atoms with E-state index >= 15 is 0 Å². The number of allylic oxidation sites excluding steroid dienone is 1. The van der Waals surface area contributed by atoms with Crippen LogP contribution in [0.2, 0.25) is 0 Å². The number of rotatable bonds is 3. The summed E-state index contributed by atoms with van der Waals surface area (Å²) < 4.78 is 11.4. The van der Waals surface area contributed by atoms with Crippen LogP contribution in [-0.4, -0.2) is 11.0 Å². The van der Waals surface area contributed by atoms with E-state index < -0.39 is 5.41 Å². The summed E-state index contributed by atoms with van der Waals surface area (Å²) in [5.41, 5.74) is 7.52. The Morgan fingerprint density at radius 2 is 2.00 bits per heavy atom. The van der Waals surface area contributed by atoms with Crippen LogP contribution in [0.15, 0.2) is 42.6 Å². The molecule has 0 radical (unpaired) electrons. The van der Waals surface area contributed by atoms with Crippen LogP contribution in [0.25, 0.3) is 5.76 Å². The second kappa shape index (κ2) is 6.00. The molecule has 0 aliphatic heterocycles. The highest BCUT2D eigenvalue weighted by molar-refractivity contribution is 5.84. The van der Waals surface area contributed by atoms with Gasteiger partial charge in [0, 0.05) is 17.2 Å². The maximum atomic E-state index is 12.1. The van der Waals surface area contributed by atoms with Crippen molar-refractivity contribution in [2.75, 3.05) is 5.73 Å². The van der Waals surface area contributed by atoms with Gasteiger partial charge < -0.3 is 15.2 Å². The minimum Gasteiger partial charge on any atom is -0.439 e. The smallest absolute Gasteiger partial charge is 0.316 e. The average molecular weight is 324 g/mol. The Labute approximate surface area is 141 Å². The molecule has 3 rings (SSSR count). The van der Waals surface area contributed by atoms with E-state index in [9.17, 15) is 4.79 Å². The van der Waals surface area contributed by atoms with Gasteiger partial charge in [0.05, 0.1) is 17.3 Å². The Balaban J connectivity index is 1.83. The maximum Gasteiger partial charge on any atom is 0.316 e. The van der Waals surface area contributed by atoms with Gasteiger partial charge in [-0.2, -0.15) is 0 Å². The predicted molar refractivity (Wildman–Crippen MR) is 92.4 cm³/mol. The number of aromatic nitrogens is 1. The van der Waals surface area contributed by atoms with E-state index in [1.807, 2.05) is 45.0 Å². The lowest BCUT2D eigenvalue weighted by atomic mass is 9.97. The first kappa shape index (κ1) is 16.1.